The molecule has 3 heteroatoms. The van der Waals surface area contributed by atoms with Crippen molar-refractivity contribution < 1.29 is 8.78 Å². The van der Waals surface area contributed by atoms with Crippen molar-refractivity contribution in [1.82, 2.24) is 5.32 Å². The van der Waals surface area contributed by atoms with Gasteiger partial charge in [0.25, 0.3) is 0 Å². The average Bonchev–Trinajstić information content (AvgIpc) is 2.30. The van der Waals surface area contributed by atoms with Gasteiger partial charge < -0.3 is 5.32 Å². The first-order chi connectivity index (χ1) is 8.61. The number of halogens is 2. The summed E-state index contributed by atoms with van der Waals surface area (Å²) in [4.78, 5) is 0. The molecule has 18 heavy (non-hydrogen) atoms. The number of rotatable bonds is 7. The van der Waals surface area contributed by atoms with Crippen LogP contribution in [0.3, 0.4) is 0 Å². The summed E-state index contributed by atoms with van der Waals surface area (Å²) in [6.07, 6.45) is 4.96. The Morgan fingerprint density at radius 3 is 2.44 bits per heavy atom. The Labute approximate surface area is 108 Å². The van der Waals surface area contributed by atoms with E-state index in [1.165, 1.54) is 18.2 Å². The quantitative estimate of drug-likeness (QED) is 0.577. The van der Waals surface area contributed by atoms with Crippen LogP contribution in [0.5, 0.6) is 0 Å². The smallest absolute Gasteiger partial charge is 0.129 e. The van der Waals surface area contributed by atoms with Crippen LogP contribution in [-0.2, 0) is 6.42 Å². The first kappa shape index (κ1) is 14.8. The average molecular weight is 253 g/mol. The predicted octanol–water partition coefficient (Wildman–Crippen LogP) is 3.70. The zero-order valence-corrected chi connectivity index (χ0v) is 11.0. The SMILES string of the molecule is CC(C)CNCC/C=C/Cc1c(F)cccc1F. The largest absolute Gasteiger partial charge is 0.316 e. The van der Waals surface area contributed by atoms with Gasteiger partial charge in [0.2, 0.25) is 0 Å². The lowest BCUT2D eigenvalue weighted by atomic mass is 10.1. The first-order valence-corrected chi connectivity index (χ1v) is 6.40. The van der Waals surface area contributed by atoms with E-state index < -0.39 is 11.6 Å². The predicted molar refractivity (Wildman–Crippen MR) is 71.5 cm³/mol. The summed E-state index contributed by atoms with van der Waals surface area (Å²) in [6.45, 7) is 6.21. The fraction of sp³-hybridized carbons (Fsp3) is 0.467. The highest BCUT2D eigenvalue weighted by atomic mass is 19.1. The fourth-order valence-electron chi connectivity index (χ4n) is 1.62. The van der Waals surface area contributed by atoms with Crippen molar-refractivity contribution in [3.8, 4) is 0 Å². The monoisotopic (exact) mass is 253 g/mol. The van der Waals surface area contributed by atoms with E-state index in [9.17, 15) is 8.78 Å². The van der Waals surface area contributed by atoms with Gasteiger partial charge in [0.15, 0.2) is 0 Å². The minimum Gasteiger partial charge on any atom is -0.316 e. The summed E-state index contributed by atoms with van der Waals surface area (Å²) in [5.41, 5.74) is 0.142. The number of hydrogen-bond acceptors (Lipinski definition) is 1. The molecule has 0 amide bonds. The number of nitrogens with one attached hydrogen (secondary N) is 1. The topological polar surface area (TPSA) is 12.0 Å². The van der Waals surface area contributed by atoms with Crippen molar-refractivity contribution in [2.45, 2.75) is 26.7 Å². The summed E-state index contributed by atoms with van der Waals surface area (Å²) in [7, 11) is 0. The molecule has 1 nitrogen and oxygen atoms in total. The second-order valence-electron chi connectivity index (χ2n) is 4.76. The van der Waals surface area contributed by atoms with Crippen molar-refractivity contribution in [1.29, 1.82) is 0 Å². The van der Waals surface area contributed by atoms with E-state index in [0.29, 0.717) is 12.3 Å². The molecule has 0 fully saturated rings. The Kier molecular flexibility index (Phi) is 6.58. The Morgan fingerprint density at radius 2 is 1.83 bits per heavy atom. The maximum absolute atomic E-state index is 13.3. The number of hydrogen-bond donors (Lipinski definition) is 1. The van der Waals surface area contributed by atoms with Gasteiger partial charge in [-0.25, -0.2) is 8.78 Å². The molecule has 1 aromatic carbocycles. The summed E-state index contributed by atoms with van der Waals surface area (Å²) < 4.78 is 26.6. The maximum atomic E-state index is 13.3. The molecule has 0 aliphatic carbocycles. The molecule has 1 N–H and O–H groups in total. The van der Waals surface area contributed by atoms with E-state index in [1.807, 2.05) is 12.2 Å². The van der Waals surface area contributed by atoms with E-state index in [-0.39, 0.29) is 5.56 Å². The van der Waals surface area contributed by atoms with Crippen molar-refractivity contribution in [3.63, 3.8) is 0 Å². The molecule has 1 aromatic rings. The van der Waals surface area contributed by atoms with Gasteiger partial charge in [-0.15, -0.1) is 0 Å². The molecule has 0 aliphatic heterocycles. The fourth-order valence-corrected chi connectivity index (χ4v) is 1.62. The van der Waals surface area contributed by atoms with Gasteiger partial charge in [0.05, 0.1) is 0 Å². The van der Waals surface area contributed by atoms with Crippen molar-refractivity contribution >= 4 is 0 Å². The van der Waals surface area contributed by atoms with Gasteiger partial charge in [-0.3, -0.25) is 0 Å². The van der Waals surface area contributed by atoms with Crippen LogP contribution in [0.2, 0.25) is 0 Å². The standard InChI is InChI=1S/C15H21F2N/c1-12(2)11-18-10-5-3-4-7-13-14(16)8-6-9-15(13)17/h3-4,6,8-9,12,18H,5,7,10-11H2,1-2H3/b4-3+. The van der Waals surface area contributed by atoms with Crippen molar-refractivity contribution in [2.24, 2.45) is 5.92 Å². The van der Waals surface area contributed by atoms with Gasteiger partial charge in [0, 0.05) is 5.56 Å². The zero-order valence-electron chi connectivity index (χ0n) is 11.0. The molecule has 0 heterocycles. The normalized spacial score (nSPS) is 11.6. The lowest BCUT2D eigenvalue weighted by Gasteiger charge is -2.05. The van der Waals surface area contributed by atoms with Crippen LogP contribution in [0.25, 0.3) is 0 Å². The van der Waals surface area contributed by atoms with E-state index in [1.54, 1.807) is 0 Å². The van der Waals surface area contributed by atoms with Gasteiger partial charge in [-0.05, 0) is 44.0 Å². The molecular weight excluding hydrogens is 232 g/mol. The van der Waals surface area contributed by atoms with Crippen LogP contribution < -0.4 is 5.32 Å². The molecule has 0 radical (unpaired) electrons. The first-order valence-electron chi connectivity index (χ1n) is 6.40. The second kappa shape index (κ2) is 7.98. The van der Waals surface area contributed by atoms with Gasteiger partial charge in [-0.2, -0.15) is 0 Å². The molecule has 0 saturated heterocycles. The van der Waals surface area contributed by atoms with Crippen LogP contribution in [0.15, 0.2) is 30.4 Å². The van der Waals surface area contributed by atoms with Crippen molar-refractivity contribution in [3.05, 3.63) is 47.5 Å². The summed E-state index contributed by atoms with van der Waals surface area (Å²) in [5, 5.41) is 3.31. The highest BCUT2D eigenvalue weighted by Crippen LogP contribution is 2.12. The molecule has 0 aromatic heterocycles. The third kappa shape index (κ3) is 5.41. The van der Waals surface area contributed by atoms with E-state index in [0.717, 1.165) is 19.5 Å². The third-order valence-corrected chi connectivity index (χ3v) is 2.59. The molecule has 0 spiro atoms. The van der Waals surface area contributed by atoms with Crippen LogP contribution >= 0.6 is 0 Å². The van der Waals surface area contributed by atoms with Gasteiger partial charge in [0.1, 0.15) is 11.6 Å². The molecule has 0 unspecified atom stereocenters. The van der Waals surface area contributed by atoms with Crippen LogP contribution in [0.1, 0.15) is 25.8 Å². The van der Waals surface area contributed by atoms with Crippen LogP contribution in [0, 0.1) is 17.6 Å². The van der Waals surface area contributed by atoms with E-state index >= 15 is 0 Å². The molecule has 0 bridgehead atoms. The Hall–Kier alpha value is -1.22. The summed E-state index contributed by atoms with van der Waals surface area (Å²) in [5.74, 6) is -0.309. The molecule has 100 valence electrons. The zero-order chi connectivity index (χ0) is 13.4. The number of benzene rings is 1. The Morgan fingerprint density at radius 1 is 1.17 bits per heavy atom. The van der Waals surface area contributed by atoms with Crippen molar-refractivity contribution in [2.75, 3.05) is 13.1 Å². The van der Waals surface area contributed by atoms with Crippen LogP contribution in [-0.4, -0.2) is 13.1 Å². The Balaban J connectivity index is 2.28. The minimum absolute atomic E-state index is 0.142. The second-order valence-corrected chi connectivity index (χ2v) is 4.76. The Bertz CT molecular complexity index is 366. The number of allylic oxidation sites excluding steroid dienone is 1. The third-order valence-electron chi connectivity index (χ3n) is 2.59. The molecule has 0 atom stereocenters. The lowest BCUT2D eigenvalue weighted by Crippen LogP contribution is -2.20. The van der Waals surface area contributed by atoms with E-state index in [4.69, 9.17) is 0 Å². The van der Waals surface area contributed by atoms with E-state index in [2.05, 4.69) is 19.2 Å². The van der Waals surface area contributed by atoms with Gasteiger partial charge in [-0.1, -0.05) is 32.1 Å². The lowest BCUT2D eigenvalue weighted by molar-refractivity contribution is 0.556. The minimum atomic E-state index is -0.474. The van der Waals surface area contributed by atoms with Gasteiger partial charge >= 0.3 is 0 Å². The van der Waals surface area contributed by atoms with Crippen LogP contribution in [0.4, 0.5) is 8.78 Å². The molecular formula is C15H21F2N. The summed E-state index contributed by atoms with van der Waals surface area (Å²) in [6, 6.07) is 3.96. The summed E-state index contributed by atoms with van der Waals surface area (Å²) >= 11 is 0. The molecule has 0 aliphatic rings. The maximum Gasteiger partial charge on any atom is 0.129 e. The highest BCUT2D eigenvalue weighted by Gasteiger charge is 2.05. The molecule has 1 rings (SSSR count). The highest BCUT2D eigenvalue weighted by molar-refractivity contribution is 5.22. The molecule has 0 saturated carbocycles.